The number of hydrogen-bond donors (Lipinski definition) is 1. The number of rotatable bonds is 6. The van der Waals surface area contributed by atoms with Gasteiger partial charge in [-0.3, -0.25) is 14.5 Å². The second-order valence-corrected chi connectivity index (χ2v) is 8.75. The number of thioether (sulfide) groups is 1. The lowest BCUT2D eigenvalue weighted by atomic mass is 10.2. The summed E-state index contributed by atoms with van der Waals surface area (Å²) >= 11 is 7.12. The van der Waals surface area contributed by atoms with E-state index in [1.807, 2.05) is 30.3 Å². The molecule has 0 saturated carbocycles. The van der Waals surface area contributed by atoms with E-state index in [9.17, 15) is 14.0 Å². The van der Waals surface area contributed by atoms with Crippen molar-refractivity contribution in [1.29, 1.82) is 0 Å². The Bertz CT molecular complexity index is 1140. The van der Waals surface area contributed by atoms with Crippen molar-refractivity contribution in [3.05, 3.63) is 95.3 Å². The van der Waals surface area contributed by atoms with E-state index in [0.29, 0.717) is 28.1 Å². The van der Waals surface area contributed by atoms with E-state index < -0.39 is 5.25 Å². The van der Waals surface area contributed by atoms with Crippen LogP contribution in [0.1, 0.15) is 12.0 Å². The van der Waals surface area contributed by atoms with Crippen molar-refractivity contribution in [2.75, 3.05) is 5.32 Å². The summed E-state index contributed by atoms with van der Waals surface area (Å²) in [5, 5.41) is 3.24. The number of nitrogens with one attached hydrogen (secondary N) is 1. The minimum absolute atomic E-state index is 0.000145. The maximum Gasteiger partial charge on any atom is 0.242 e. The number of nitrogens with zero attached hydrogens (tertiary/aromatic N) is 2. The van der Waals surface area contributed by atoms with E-state index in [1.165, 1.54) is 23.9 Å². The van der Waals surface area contributed by atoms with Gasteiger partial charge in [0, 0.05) is 17.1 Å². The zero-order valence-electron chi connectivity index (χ0n) is 16.9. The molecule has 1 N–H and O–H groups in total. The van der Waals surface area contributed by atoms with E-state index in [4.69, 9.17) is 11.6 Å². The average molecular weight is 468 g/mol. The molecule has 1 aliphatic heterocycles. The van der Waals surface area contributed by atoms with E-state index in [2.05, 4.69) is 10.3 Å². The Kier molecular flexibility index (Phi) is 6.87. The normalized spacial score (nSPS) is 17.1. The highest BCUT2D eigenvalue weighted by atomic mass is 35.5. The molecular weight excluding hydrogens is 449 g/mol. The number of carbonyl (C=O) groups excluding carboxylic acids is 2. The monoisotopic (exact) mass is 467 g/mol. The lowest BCUT2D eigenvalue weighted by Gasteiger charge is -2.16. The van der Waals surface area contributed by atoms with Crippen LogP contribution in [0.2, 0.25) is 5.02 Å². The van der Waals surface area contributed by atoms with Crippen LogP contribution >= 0.6 is 23.4 Å². The molecule has 32 heavy (non-hydrogen) atoms. The number of carbonyl (C=O) groups is 2. The first-order valence-corrected chi connectivity index (χ1v) is 11.2. The molecule has 1 heterocycles. The second-order valence-electron chi connectivity index (χ2n) is 7.15. The van der Waals surface area contributed by atoms with Crippen LogP contribution < -0.4 is 5.32 Å². The minimum atomic E-state index is -0.606. The zero-order chi connectivity index (χ0) is 22.5. The van der Waals surface area contributed by atoms with Gasteiger partial charge in [0.2, 0.25) is 11.8 Å². The number of amidine groups is 1. The van der Waals surface area contributed by atoms with E-state index in [-0.39, 0.29) is 24.1 Å². The van der Waals surface area contributed by atoms with Crippen LogP contribution in [-0.2, 0) is 16.1 Å². The molecule has 0 aliphatic carbocycles. The third-order valence-corrected chi connectivity index (χ3v) is 6.18. The molecule has 1 fully saturated rings. The summed E-state index contributed by atoms with van der Waals surface area (Å²) in [6, 6.07) is 22.1. The van der Waals surface area contributed by atoms with Gasteiger partial charge in [-0.15, -0.1) is 0 Å². The lowest BCUT2D eigenvalue weighted by molar-refractivity contribution is -0.128. The van der Waals surface area contributed by atoms with Gasteiger partial charge in [0.15, 0.2) is 5.17 Å². The topological polar surface area (TPSA) is 61.8 Å². The smallest absolute Gasteiger partial charge is 0.242 e. The fourth-order valence-corrected chi connectivity index (χ4v) is 4.46. The van der Waals surface area contributed by atoms with Gasteiger partial charge >= 0.3 is 0 Å². The van der Waals surface area contributed by atoms with Crippen LogP contribution in [0.5, 0.6) is 0 Å². The van der Waals surface area contributed by atoms with Gasteiger partial charge in [0.05, 0.1) is 12.2 Å². The number of halogens is 2. The Labute approximate surface area is 194 Å². The zero-order valence-corrected chi connectivity index (χ0v) is 18.4. The number of aliphatic imine (C=N–C) groups is 1. The molecule has 5 nitrogen and oxygen atoms in total. The van der Waals surface area contributed by atoms with Gasteiger partial charge in [-0.25, -0.2) is 9.38 Å². The van der Waals surface area contributed by atoms with Crippen LogP contribution in [0, 0.1) is 5.82 Å². The van der Waals surface area contributed by atoms with Crippen molar-refractivity contribution >= 4 is 51.7 Å². The predicted molar refractivity (Wildman–Crippen MR) is 127 cm³/mol. The summed E-state index contributed by atoms with van der Waals surface area (Å²) in [4.78, 5) is 31.8. The van der Waals surface area contributed by atoms with Crippen molar-refractivity contribution in [2.24, 2.45) is 4.99 Å². The average Bonchev–Trinajstić information content (AvgIpc) is 3.06. The molecule has 1 saturated heterocycles. The summed E-state index contributed by atoms with van der Waals surface area (Å²) in [6.07, 6.45) is -0.000145. The van der Waals surface area contributed by atoms with Crippen LogP contribution in [0.15, 0.2) is 83.9 Å². The maximum atomic E-state index is 13.3. The molecule has 3 aromatic carbocycles. The van der Waals surface area contributed by atoms with Crippen molar-refractivity contribution in [1.82, 2.24) is 4.90 Å². The van der Waals surface area contributed by atoms with Gasteiger partial charge in [-0.05, 0) is 54.1 Å². The molecule has 1 atom stereocenters. The van der Waals surface area contributed by atoms with Crippen LogP contribution in [0.3, 0.4) is 0 Å². The van der Waals surface area contributed by atoms with Gasteiger partial charge in [-0.1, -0.05) is 53.7 Å². The Morgan fingerprint density at radius 1 is 1.03 bits per heavy atom. The number of benzene rings is 3. The molecule has 0 spiro atoms. The largest absolute Gasteiger partial charge is 0.326 e. The van der Waals surface area contributed by atoms with Crippen molar-refractivity contribution in [3.63, 3.8) is 0 Å². The Hall–Kier alpha value is -3.16. The van der Waals surface area contributed by atoms with Crippen LogP contribution in [-0.4, -0.2) is 27.1 Å². The maximum absolute atomic E-state index is 13.3. The first-order valence-electron chi connectivity index (χ1n) is 9.89. The summed E-state index contributed by atoms with van der Waals surface area (Å²) < 4.78 is 13.3. The van der Waals surface area contributed by atoms with Gasteiger partial charge < -0.3 is 5.32 Å². The molecule has 3 aromatic rings. The van der Waals surface area contributed by atoms with Crippen molar-refractivity contribution < 1.29 is 14.0 Å². The third kappa shape index (κ3) is 5.55. The van der Waals surface area contributed by atoms with E-state index in [0.717, 1.165) is 5.56 Å². The SMILES string of the molecule is O=C(C[C@H]1SC(=Nc2ccc(F)cc2)N(Cc2ccccc2)C1=O)Nc1ccc(Cl)cc1. The summed E-state index contributed by atoms with van der Waals surface area (Å²) in [5.41, 5.74) is 2.08. The highest BCUT2D eigenvalue weighted by Gasteiger charge is 2.39. The molecule has 8 heteroatoms. The molecular formula is C24H19ClFN3O2S. The summed E-state index contributed by atoms with van der Waals surface area (Å²) in [6.45, 7) is 0.335. The lowest BCUT2D eigenvalue weighted by Crippen LogP contribution is -2.33. The Morgan fingerprint density at radius 2 is 1.72 bits per heavy atom. The van der Waals surface area contributed by atoms with Crippen molar-refractivity contribution in [2.45, 2.75) is 18.2 Å². The second kappa shape index (κ2) is 9.97. The Balaban J connectivity index is 1.53. The van der Waals surface area contributed by atoms with Crippen molar-refractivity contribution in [3.8, 4) is 0 Å². The molecule has 0 bridgehead atoms. The molecule has 1 aliphatic rings. The molecule has 0 unspecified atom stereocenters. The van der Waals surface area contributed by atoms with E-state index in [1.54, 1.807) is 41.3 Å². The molecule has 0 radical (unpaired) electrons. The Morgan fingerprint density at radius 3 is 2.41 bits per heavy atom. The van der Waals surface area contributed by atoms with Gasteiger partial charge in [-0.2, -0.15) is 0 Å². The molecule has 2 amide bonds. The van der Waals surface area contributed by atoms with Crippen LogP contribution in [0.25, 0.3) is 0 Å². The molecule has 162 valence electrons. The molecule has 0 aromatic heterocycles. The fourth-order valence-electron chi connectivity index (χ4n) is 3.18. The van der Waals surface area contributed by atoms with E-state index >= 15 is 0 Å². The first-order chi connectivity index (χ1) is 15.5. The van der Waals surface area contributed by atoms with Gasteiger partial charge in [0.1, 0.15) is 11.1 Å². The highest BCUT2D eigenvalue weighted by molar-refractivity contribution is 8.15. The first kappa shape index (κ1) is 22.0. The van der Waals surface area contributed by atoms with Gasteiger partial charge in [0.25, 0.3) is 0 Å². The number of amides is 2. The quantitative estimate of drug-likeness (QED) is 0.510. The van der Waals surface area contributed by atoms with Crippen LogP contribution in [0.4, 0.5) is 15.8 Å². The predicted octanol–water partition coefficient (Wildman–Crippen LogP) is 5.64. The fraction of sp³-hybridized carbons (Fsp3) is 0.125. The molecule has 4 rings (SSSR count). The number of anilines is 1. The standard InChI is InChI=1S/C24H19ClFN3O2S/c25-17-6-10-19(11-7-17)27-22(30)14-21-23(31)29(15-16-4-2-1-3-5-16)24(32-21)28-20-12-8-18(26)9-13-20/h1-13,21H,14-15H2,(H,27,30)/t21-/m1/s1. The summed E-state index contributed by atoms with van der Waals surface area (Å²) in [7, 11) is 0. The summed E-state index contributed by atoms with van der Waals surface area (Å²) in [5.74, 6) is -0.825. The highest BCUT2D eigenvalue weighted by Crippen LogP contribution is 2.33. The minimum Gasteiger partial charge on any atom is -0.326 e. The third-order valence-electron chi connectivity index (χ3n) is 4.75. The number of hydrogen-bond acceptors (Lipinski definition) is 4.